The lowest BCUT2D eigenvalue weighted by molar-refractivity contribution is 0.256. The minimum Gasteiger partial charge on any atom is -0.481 e. The first-order valence-electron chi connectivity index (χ1n) is 7.03. The summed E-state index contributed by atoms with van der Waals surface area (Å²) >= 11 is 5.89. The molecule has 0 spiro atoms. The van der Waals surface area contributed by atoms with E-state index in [1.54, 1.807) is 19.1 Å². The van der Waals surface area contributed by atoms with Gasteiger partial charge in [-0.05, 0) is 19.1 Å². The van der Waals surface area contributed by atoms with Gasteiger partial charge in [0.2, 0.25) is 16.9 Å². The molecule has 0 aliphatic rings. The van der Waals surface area contributed by atoms with Crippen molar-refractivity contribution in [2.75, 3.05) is 12.4 Å². The Morgan fingerprint density at radius 1 is 1.31 bits per heavy atom. The van der Waals surface area contributed by atoms with Crippen molar-refractivity contribution in [3.8, 4) is 5.88 Å². The Labute approximate surface area is 152 Å². The maximum Gasteiger partial charge on any atom is 0.335 e. The molecule has 0 aliphatic carbocycles. The van der Waals surface area contributed by atoms with Crippen LogP contribution in [0.4, 0.5) is 10.7 Å². The van der Waals surface area contributed by atoms with Gasteiger partial charge < -0.3 is 4.74 Å². The molecule has 0 aromatic carbocycles. The van der Waals surface area contributed by atoms with E-state index in [9.17, 15) is 13.2 Å². The summed E-state index contributed by atoms with van der Waals surface area (Å²) in [5, 5.41) is 5.30. The number of carbonyl (C=O) groups excluding carboxylic acids is 1. The van der Waals surface area contributed by atoms with Crippen molar-refractivity contribution in [1.29, 1.82) is 0 Å². The van der Waals surface area contributed by atoms with Gasteiger partial charge in [0, 0.05) is 18.0 Å². The second kappa shape index (κ2) is 6.72. The third-order valence-corrected chi connectivity index (χ3v) is 4.76. The molecular formula is C13H12ClN7O4S. The van der Waals surface area contributed by atoms with Crippen LogP contribution in [0.25, 0.3) is 5.65 Å². The fraction of sp³-hybridized carbons (Fsp3) is 0.154. The second-order valence-electron chi connectivity index (χ2n) is 4.94. The molecule has 3 heterocycles. The van der Waals surface area contributed by atoms with Gasteiger partial charge in [-0.3, -0.25) is 5.32 Å². The molecular weight excluding hydrogens is 386 g/mol. The third kappa shape index (κ3) is 3.50. The number of rotatable bonds is 4. The number of nitrogens with one attached hydrogen (secondary N) is 2. The van der Waals surface area contributed by atoms with Crippen molar-refractivity contribution < 1.29 is 17.9 Å². The van der Waals surface area contributed by atoms with Crippen LogP contribution >= 0.6 is 11.6 Å². The number of sulfonamides is 1. The van der Waals surface area contributed by atoms with Gasteiger partial charge in [-0.2, -0.15) is 23.0 Å². The first kappa shape index (κ1) is 17.8. The first-order valence-corrected chi connectivity index (χ1v) is 8.89. The lowest BCUT2D eigenvalue weighted by atomic mass is 10.4. The van der Waals surface area contributed by atoms with Gasteiger partial charge in [0.05, 0.1) is 7.11 Å². The molecule has 136 valence electrons. The largest absolute Gasteiger partial charge is 0.481 e. The number of aromatic nitrogens is 5. The number of methoxy groups -OCH3 is 1. The molecule has 3 aromatic rings. The average Bonchev–Trinajstić information content (AvgIpc) is 2.89. The molecule has 2 N–H and O–H groups in total. The van der Waals surface area contributed by atoms with Crippen LogP contribution in [0.15, 0.2) is 29.4 Å². The summed E-state index contributed by atoms with van der Waals surface area (Å²) in [4.78, 5) is 23.8. The highest BCUT2D eigenvalue weighted by atomic mass is 35.5. The van der Waals surface area contributed by atoms with Crippen molar-refractivity contribution in [1.82, 2.24) is 29.3 Å². The van der Waals surface area contributed by atoms with Crippen molar-refractivity contribution in [3.05, 3.63) is 35.2 Å². The quantitative estimate of drug-likeness (QED) is 0.664. The fourth-order valence-corrected chi connectivity index (χ4v) is 3.56. The molecule has 0 saturated carbocycles. The van der Waals surface area contributed by atoms with Crippen LogP contribution in [0.1, 0.15) is 5.69 Å². The Balaban J connectivity index is 1.86. The molecule has 0 bridgehead atoms. The van der Waals surface area contributed by atoms with E-state index in [0.29, 0.717) is 5.69 Å². The van der Waals surface area contributed by atoms with Crippen molar-refractivity contribution in [2.45, 2.75) is 11.9 Å². The van der Waals surface area contributed by atoms with E-state index in [2.05, 4.69) is 25.4 Å². The number of aryl methyl sites for hydroxylation is 1. The molecule has 3 aromatic heterocycles. The van der Waals surface area contributed by atoms with Crippen LogP contribution < -0.4 is 14.8 Å². The van der Waals surface area contributed by atoms with E-state index in [4.69, 9.17) is 16.3 Å². The van der Waals surface area contributed by atoms with Crippen LogP contribution in [0, 0.1) is 6.92 Å². The number of hydrogen-bond donors (Lipinski definition) is 2. The topological polar surface area (TPSA) is 140 Å². The van der Waals surface area contributed by atoms with Gasteiger partial charge in [0.15, 0.2) is 10.8 Å². The predicted molar refractivity (Wildman–Crippen MR) is 90.7 cm³/mol. The van der Waals surface area contributed by atoms with Gasteiger partial charge in [-0.15, -0.1) is 0 Å². The van der Waals surface area contributed by atoms with Crippen molar-refractivity contribution in [3.63, 3.8) is 0 Å². The molecule has 11 nitrogen and oxygen atoms in total. The summed E-state index contributed by atoms with van der Waals surface area (Å²) in [5.41, 5.74) is 0.731. The summed E-state index contributed by atoms with van der Waals surface area (Å²) in [6, 6.07) is 3.55. The molecule has 0 unspecified atom stereocenters. The molecule has 26 heavy (non-hydrogen) atoms. The molecule has 13 heteroatoms. The third-order valence-electron chi connectivity index (χ3n) is 3.06. The molecule has 0 fully saturated rings. The van der Waals surface area contributed by atoms with E-state index >= 15 is 0 Å². The fourth-order valence-electron chi connectivity index (χ4n) is 2.06. The van der Waals surface area contributed by atoms with Crippen LogP contribution in [-0.2, 0) is 10.0 Å². The highest BCUT2D eigenvalue weighted by Gasteiger charge is 2.27. The maximum atomic E-state index is 12.5. The lowest BCUT2D eigenvalue weighted by Crippen LogP contribution is -2.35. The van der Waals surface area contributed by atoms with Gasteiger partial charge in [-0.1, -0.05) is 11.6 Å². The Hall–Kier alpha value is -2.99. The molecule has 0 saturated heterocycles. The molecule has 0 atom stereocenters. The van der Waals surface area contributed by atoms with Crippen LogP contribution in [-0.4, -0.2) is 46.1 Å². The Morgan fingerprint density at radius 2 is 2.08 bits per heavy atom. The Bertz CT molecular complexity index is 1100. The number of nitrogens with zero attached hydrogens (tertiary/aromatic N) is 5. The minimum absolute atomic E-state index is 0.128. The average molecular weight is 398 g/mol. The normalized spacial score (nSPS) is 11.3. The van der Waals surface area contributed by atoms with Gasteiger partial charge >= 0.3 is 6.03 Å². The number of halogens is 1. The van der Waals surface area contributed by atoms with Crippen molar-refractivity contribution in [2.24, 2.45) is 0 Å². The zero-order chi connectivity index (χ0) is 18.9. The van der Waals surface area contributed by atoms with E-state index in [1.165, 1.54) is 19.4 Å². The van der Waals surface area contributed by atoms with Crippen LogP contribution in [0.2, 0.25) is 5.15 Å². The highest BCUT2D eigenvalue weighted by molar-refractivity contribution is 7.90. The zero-order valence-corrected chi connectivity index (χ0v) is 15.0. The standard InChI is InChI=1S/C13H12ClN7O4S/c1-7-6-9(25-2)18-12(16-7)19-13(22)20-26(23,24)11-10(14)17-8-4-3-5-15-21(8)11/h3-6H,1-2H3,(H2,16,18,19,20,22). The summed E-state index contributed by atoms with van der Waals surface area (Å²) < 4.78 is 32.8. The zero-order valence-electron chi connectivity index (χ0n) is 13.5. The molecule has 0 aliphatic heterocycles. The number of imidazole rings is 1. The smallest absolute Gasteiger partial charge is 0.335 e. The lowest BCUT2D eigenvalue weighted by Gasteiger charge is -2.08. The summed E-state index contributed by atoms with van der Waals surface area (Å²) in [5.74, 6) is 0.0848. The summed E-state index contributed by atoms with van der Waals surface area (Å²) in [6.45, 7) is 1.66. The monoisotopic (exact) mass is 397 g/mol. The van der Waals surface area contributed by atoms with Crippen molar-refractivity contribution >= 4 is 39.3 Å². The summed E-state index contributed by atoms with van der Waals surface area (Å²) in [6.07, 6.45) is 1.36. The number of anilines is 1. The number of hydrogen-bond acceptors (Lipinski definition) is 8. The van der Waals surface area contributed by atoms with E-state index in [1.807, 2.05) is 4.72 Å². The second-order valence-corrected chi connectivity index (χ2v) is 6.89. The number of urea groups is 1. The predicted octanol–water partition coefficient (Wildman–Crippen LogP) is 1.00. The molecule has 3 rings (SSSR count). The first-order chi connectivity index (χ1) is 12.3. The molecule has 2 amide bonds. The van der Waals surface area contributed by atoms with Gasteiger partial charge in [0.1, 0.15) is 0 Å². The number of carbonyl (C=O) groups is 1. The minimum atomic E-state index is -4.36. The number of ether oxygens (including phenoxy) is 1. The Kier molecular flexibility index (Phi) is 4.61. The van der Waals surface area contributed by atoms with Crippen LogP contribution in [0.3, 0.4) is 0 Å². The molecule has 0 radical (unpaired) electrons. The van der Waals surface area contributed by atoms with E-state index in [0.717, 1.165) is 4.52 Å². The number of fused-ring (bicyclic) bond motifs is 1. The van der Waals surface area contributed by atoms with Gasteiger partial charge in [-0.25, -0.2) is 19.5 Å². The van der Waals surface area contributed by atoms with Crippen LogP contribution in [0.5, 0.6) is 5.88 Å². The Morgan fingerprint density at radius 3 is 2.81 bits per heavy atom. The van der Waals surface area contributed by atoms with E-state index < -0.39 is 21.1 Å². The highest BCUT2D eigenvalue weighted by Crippen LogP contribution is 2.21. The summed E-state index contributed by atoms with van der Waals surface area (Å²) in [7, 11) is -2.96. The maximum absolute atomic E-state index is 12.5. The number of amides is 2. The van der Waals surface area contributed by atoms with Gasteiger partial charge in [0.25, 0.3) is 10.0 Å². The SMILES string of the molecule is COc1cc(C)nc(NC(=O)NS(=O)(=O)c2c(Cl)nc3cccnn23)n1. The van der Waals surface area contributed by atoms with E-state index in [-0.39, 0.29) is 22.6 Å².